The topological polar surface area (TPSA) is 44.5 Å². The Morgan fingerprint density at radius 1 is 1.43 bits per heavy atom. The molecule has 0 aliphatic rings. The van der Waals surface area contributed by atoms with E-state index in [1.807, 2.05) is 0 Å². The Morgan fingerprint density at radius 3 is 2.50 bits per heavy atom. The van der Waals surface area contributed by atoms with Crippen molar-refractivity contribution in [1.82, 2.24) is 0 Å². The van der Waals surface area contributed by atoms with Crippen LogP contribution >= 0.6 is 11.3 Å². The molecule has 0 amide bonds. The third-order valence-corrected chi connectivity index (χ3v) is 3.35. The van der Waals surface area contributed by atoms with Crippen LogP contribution in [0.1, 0.15) is 31.2 Å². The van der Waals surface area contributed by atoms with Gasteiger partial charge in [0.05, 0.1) is 12.1 Å². The highest BCUT2D eigenvalue weighted by molar-refractivity contribution is 7.16. The zero-order valence-corrected chi connectivity index (χ0v) is 9.90. The molecule has 0 aliphatic carbocycles. The third-order valence-electron chi connectivity index (χ3n) is 1.91. The van der Waals surface area contributed by atoms with Crippen molar-refractivity contribution in [3.63, 3.8) is 0 Å². The van der Waals surface area contributed by atoms with Crippen LogP contribution in [0, 0.1) is 0 Å². The largest absolute Gasteiger partial charge is 0.390 e. The molecule has 1 aromatic rings. The van der Waals surface area contributed by atoms with Crippen molar-refractivity contribution in [2.24, 2.45) is 0 Å². The van der Waals surface area contributed by atoms with E-state index in [1.54, 1.807) is 11.3 Å². The molecule has 2 N–H and O–H groups in total. The minimum Gasteiger partial charge on any atom is -0.390 e. The predicted molar refractivity (Wildman–Crippen MR) is 59.2 cm³/mol. The van der Waals surface area contributed by atoms with Crippen LogP contribution in [0.4, 0.5) is 5.00 Å². The highest BCUT2D eigenvalue weighted by Crippen LogP contribution is 2.34. The summed E-state index contributed by atoms with van der Waals surface area (Å²) in [6.45, 7) is 6.91. The molecular formula is C10H17NO2S. The van der Waals surface area contributed by atoms with Gasteiger partial charge in [0.15, 0.2) is 0 Å². The van der Waals surface area contributed by atoms with E-state index in [4.69, 9.17) is 10.6 Å². The first-order valence-corrected chi connectivity index (χ1v) is 5.31. The van der Waals surface area contributed by atoms with Crippen molar-refractivity contribution >= 4 is 16.3 Å². The molecule has 80 valence electrons. The van der Waals surface area contributed by atoms with Crippen LogP contribution in [0.2, 0.25) is 0 Å². The third kappa shape index (κ3) is 2.70. The summed E-state index contributed by atoms with van der Waals surface area (Å²) in [7, 11) is 1.49. The van der Waals surface area contributed by atoms with Gasteiger partial charge in [-0.15, -0.1) is 11.3 Å². The lowest BCUT2D eigenvalue weighted by Gasteiger charge is -2.15. The fourth-order valence-corrected chi connectivity index (χ4v) is 2.04. The first-order chi connectivity index (χ1) is 6.45. The molecule has 0 radical (unpaired) electrons. The lowest BCUT2D eigenvalue weighted by molar-refractivity contribution is -0.282. The highest BCUT2D eigenvalue weighted by Gasteiger charge is 2.18. The summed E-state index contributed by atoms with van der Waals surface area (Å²) < 4.78 is 0. The van der Waals surface area contributed by atoms with Gasteiger partial charge in [0.1, 0.15) is 6.61 Å². The van der Waals surface area contributed by atoms with Gasteiger partial charge < -0.3 is 5.73 Å². The number of nitrogens with two attached hydrogens (primary N) is 1. The summed E-state index contributed by atoms with van der Waals surface area (Å²) in [6.07, 6.45) is 0. The standard InChI is InChI=1S/C10H17NO2S/c1-10(2,3)8-5-7(6-13-12-4)9(11)14-8/h5H,6,11H2,1-4H3. The fraction of sp³-hybridized carbons (Fsp3) is 0.600. The normalized spacial score (nSPS) is 12.0. The van der Waals surface area contributed by atoms with E-state index in [1.165, 1.54) is 12.0 Å². The first-order valence-electron chi connectivity index (χ1n) is 4.49. The molecule has 0 saturated carbocycles. The Morgan fingerprint density at radius 2 is 2.07 bits per heavy atom. The van der Waals surface area contributed by atoms with Crippen LogP contribution in [-0.2, 0) is 21.8 Å². The average Bonchev–Trinajstić information content (AvgIpc) is 2.43. The first kappa shape index (κ1) is 11.5. The molecule has 0 aliphatic heterocycles. The molecule has 1 rings (SSSR count). The minimum absolute atomic E-state index is 0.143. The van der Waals surface area contributed by atoms with Crippen molar-refractivity contribution in [2.75, 3.05) is 12.8 Å². The van der Waals surface area contributed by atoms with Crippen LogP contribution in [0.15, 0.2) is 6.07 Å². The van der Waals surface area contributed by atoms with Crippen LogP contribution < -0.4 is 5.73 Å². The van der Waals surface area contributed by atoms with Gasteiger partial charge in [-0.1, -0.05) is 20.8 Å². The van der Waals surface area contributed by atoms with Gasteiger partial charge in [0.25, 0.3) is 0 Å². The van der Waals surface area contributed by atoms with Gasteiger partial charge in [0.2, 0.25) is 0 Å². The van der Waals surface area contributed by atoms with Crippen molar-refractivity contribution in [3.8, 4) is 0 Å². The van der Waals surface area contributed by atoms with Gasteiger partial charge >= 0.3 is 0 Å². The maximum Gasteiger partial charge on any atom is 0.110 e. The van der Waals surface area contributed by atoms with E-state index in [0.717, 1.165) is 10.6 Å². The van der Waals surface area contributed by atoms with Crippen molar-refractivity contribution < 1.29 is 9.78 Å². The van der Waals surface area contributed by atoms with E-state index in [9.17, 15) is 0 Å². The summed E-state index contributed by atoms with van der Waals surface area (Å²) in [5.74, 6) is 0. The van der Waals surface area contributed by atoms with Gasteiger partial charge in [0, 0.05) is 10.4 Å². The van der Waals surface area contributed by atoms with Crippen LogP contribution in [0.25, 0.3) is 0 Å². The Labute approximate surface area is 88.8 Å². The van der Waals surface area contributed by atoms with E-state index in [0.29, 0.717) is 6.61 Å². The SMILES string of the molecule is COOCc1cc(C(C)(C)C)sc1N. The molecule has 1 heterocycles. The molecule has 0 fully saturated rings. The Balaban J connectivity index is 2.82. The zero-order valence-electron chi connectivity index (χ0n) is 9.09. The summed E-state index contributed by atoms with van der Waals surface area (Å²) in [6, 6.07) is 2.08. The Bertz CT molecular complexity index is 302. The number of anilines is 1. The van der Waals surface area contributed by atoms with Crippen molar-refractivity contribution in [1.29, 1.82) is 0 Å². The average molecular weight is 215 g/mol. The second kappa shape index (κ2) is 4.29. The van der Waals surface area contributed by atoms with Crippen LogP contribution in [0.3, 0.4) is 0 Å². The summed E-state index contributed by atoms with van der Waals surface area (Å²) in [5, 5.41) is 0.812. The number of hydrogen-bond donors (Lipinski definition) is 1. The maximum absolute atomic E-state index is 5.86. The molecule has 0 aromatic carbocycles. The van der Waals surface area contributed by atoms with E-state index in [2.05, 4.69) is 31.7 Å². The zero-order chi connectivity index (χ0) is 10.8. The van der Waals surface area contributed by atoms with Crippen molar-refractivity contribution in [3.05, 3.63) is 16.5 Å². The number of thiophene rings is 1. The summed E-state index contributed by atoms with van der Waals surface area (Å²) >= 11 is 1.61. The number of nitrogen functional groups attached to an aromatic ring is 1. The quantitative estimate of drug-likeness (QED) is 0.623. The second-order valence-corrected chi connectivity index (χ2v) is 5.26. The van der Waals surface area contributed by atoms with Gasteiger partial charge in [-0.2, -0.15) is 0 Å². The second-order valence-electron chi connectivity index (χ2n) is 4.18. The number of hydrogen-bond acceptors (Lipinski definition) is 4. The fourth-order valence-electron chi connectivity index (χ4n) is 1.05. The van der Waals surface area contributed by atoms with Crippen LogP contribution in [-0.4, -0.2) is 7.11 Å². The smallest absolute Gasteiger partial charge is 0.110 e. The van der Waals surface area contributed by atoms with E-state index in [-0.39, 0.29) is 5.41 Å². The summed E-state index contributed by atoms with van der Waals surface area (Å²) in [4.78, 5) is 10.7. The van der Waals surface area contributed by atoms with Crippen LogP contribution in [0.5, 0.6) is 0 Å². The van der Waals surface area contributed by atoms with Gasteiger partial charge in [-0.05, 0) is 11.5 Å². The predicted octanol–water partition coefficient (Wildman–Crippen LogP) is 2.71. The molecule has 0 bridgehead atoms. The molecule has 0 atom stereocenters. The molecule has 4 heteroatoms. The lowest BCUT2D eigenvalue weighted by atomic mass is 9.94. The Hall–Kier alpha value is -0.580. The molecule has 1 aromatic heterocycles. The van der Waals surface area contributed by atoms with Crippen molar-refractivity contribution in [2.45, 2.75) is 32.8 Å². The molecule has 3 nitrogen and oxygen atoms in total. The molecular weight excluding hydrogens is 198 g/mol. The molecule has 0 unspecified atom stereocenters. The molecule has 14 heavy (non-hydrogen) atoms. The lowest BCUT2D eigenvalue weighted by Crippen LogP contribution is -2.08. The van der Waals surface area contributed by atoms with E-state index < -0.39 is 0 Å². The number of rotatable bonds is 3. The molecule has 0 saturated heterocycles. The highest BCUT2D eigenvalue weighted by atomic mass is 32.1. The molecule has 0 spiro atoms. The monoisotopic (exact) mass is 215 g/mol. The minimum atomic E-state index is 0.143. The van der Waals surface area contributed by atoms with Gasteiger partial charge in [-0.25, -0.2) is 9.78 Å². The Kier molecular flexibility index (Phi) is 3.53. The van der Waals surface area contributed by atoms with Gasteiger partial charge in [-0.3, -0.25) is 0 Å². The van der Waals surface area contributed by atoms with E-state index >= 15 is 0 Å². The summed E-state index contributed by atoms with van der Waals surface area (Å²) in [5.41, 5.74) is 7.01. The maximum atomic E-state index is 5.86.